The molecule has 1 heterocycles. The molecule has 0 fully saturated rings. The van der Waals surface area contributed by atoms with Gasteiger partial charge >= 0.3 is 0 Å². The minimum atomic E-state index is 0.712. The number of fused-ring (bicyclic) bond motifs is 1. The lowest BCUT2D eigenvalue weighted by molar-refractivity contribution is 0.112. The standard InChI is InChI=1S/C11H12N2O/c1-13(2)9-3-4-11-10(5-9)8(7-14)6-12-11/h3-7,12H,1-2H3. The molecule has 0 amide bonds. The van der Waals surface area contributed by atoms with Crippen LogP contribution in [0.5, 0.6) is 0 Å². The second-order valence-electron chi connectivity index (χ2n) is 3.49. The molecule has 3 nitrogen and oxygen atoms in total. The molecule has 0 aliphatic carbocycles. The second-order valence-corrected chi connectivity index (χ2v) is 3.49. The molecule has 1 N–H and O–H groups in total. The van der Waals surface area contributed by atoms with Gasteiger partial charge in [0.25, 0.3) is 0 Å². The summed E-state index contributed by atoms with van der Waals surface area (Å²) in [5, 5.41) is 0.978. The van der Waals surface area contributed by atoms with E-state index in [4.69, 9.17) is 0 Å². The molecule has 2 rings (SSSR count). The van der Waals surface area contributed by atoms with Crippen molar-refractivity contribution in [2.75, 3.05) is 19.0 Å². The van der Waals surface area contributed by atoms with E-state index >= 15 is 0 Å². The number of aromatic amines is 1. The number of H-pyrrole nitrogens is 1. The van der Waals surface area contributed by atoms with Gasteiger partial charge in [0.1, 0.15) is 0 Å². The molecule has 1 aromatic carbocycles. The van der Waals surface area contributed by atoms with Crippen molar-refractivity contribution < 1.29 is 4.79 Å². The molecule has 0 saturated heterocycles. The summed E-state index contributed by atoms with van der Waals surface area (Å²) < 4.78 is 0. The number of aldehydes is 1. The van der Waals surface area contributed by atoms with Crippen LogP contribution in [0.4, 0.5) is 5.69 Å². The van der Waals surface area contributed by atoms with Crippen LogP contribution in [-0.2, 0) is 0 Å². The fourth-order valence-electron chi connectivity index (χ4n) is 1.51. The third kappa shape index (κ3) is 1.27. The van der Waals surface area contributed by atoms with E-state index in [-0.39, 0.29) is 0 Å². The number of hydrogen-bond acceptors (Lipinski definition) is 2. The van der Waals surface area contributed by atoms with Gasteiger partial charge in [0.2, 0.25) is 0 Å². The molecule has 72 valence electrons. The van der Waals surface area contributed by atoms with Crippen LogP contribution >= 0.6 is 0 Å². The predicted octanol–water partition coefficient (Wildman–Crippen LogP) is 2.05. The zero-order valence-corrected chi connectivity index (χ0v) is 8.24. The van der Waals surface area contributed by atoms with Gasteiger partial charge in [0.15, 0.2) is 6.29 Å². The van der Waals surface area contributed by atoms with Gasteiger partial charge in [-0.1, -0.05) is 0 Å². The van der Waals surface area contributed by atoms with Crippen molar-refractivity contribution >= 4 is 22.9 Å². The van der Waals surface area contributed by atoms with Crippen molar-refractivity contribution in [1.29, 1.82) is 0 Å². The maximum Gasteiger partial charge on any atom is 0.152 e. The van der Waals surface area contributed by atoms with Crippen LogP contribution in [0.15, 0.2) is 24.4 Å². The number of aromatic nitrogens is 1. The monoisotopic (exact) mass is 188 g/mol. The van der Waals surface area contributed by atoms with E-state index in [1.165, 1.54) is 0 Å². The molecule has 1 aromatic heterocycles. The van der Waals surface area contributed by atoms with Crippen molar-refractivity contribution in [3.63, 3.8) is 0 Å². The molecule has 0 spiro atoms. The van der Waals surface area contributed by atoms with Gasteiger partial charge in [-0.15, -0.1) is 0 Å². The highest BCUT2D eigenvalue weighted by atomic mass is 16.1. The summed E-state index contributed by atoms with van der Waals surface area (Å²) in [7, 11) is 3.96. The summed E-state index contributed by atoms with van der Waals surface area (Å²) in [5.41, 5.74) is 2.81. The van der Waals surface area contributed by atoms with E-state index in [0.29, 0.717) is 5.56 Å². The van der Waals surface area contributed by atoms with Crippen LogP contribution in [0, 0.1) is 0 Å². The van der Waals surface area contributed by atoms with E-state index in [1.54, 1.807) is 6.20 Å². The molecule has 0 unspecified atom stereocenters. The zero-order valence-electron chi connectivity index (χ0n) is 8.24. The highest BCUT2D eigenvalue weighted by molar-refractivity contribution is 5.98. The number of carbonyl (C=O) groups is 1. The maximum atomic E-state index is 10.7. The van der Waals surface area contributed by atoms with Gasteiger partial charge in [0, 0.05) is 42.4 Å². The molecule has 0 aliphatic rings. The van der Waals surface area contributed by atoms with Crippen LogP contribution < -0.4 is 4.90 Å². The third-order valence-corrected chi connectivity index (χ3v) is 2.34. The van der Waals surface area contributed by atoms with E-state index in [9.17, 15) is 4.79 Å². The summed E-state index contributed by atoms with van der Waals surface area (Å²) in [6, 6.07) is 6.01. The highest BCUT2D eigenvalue weighted by Gasteiger charge is 2.03. The number of carbonyl (C=O) groups excluding carboxylic acids is 1. The van der Waals surface area contributed by atoms with Crippen molar-refractivity contribution in [2.45, 2.75) is 0 Å². The Morgan fingerprint density at radius 1 is 1.36 bits per heavy atom. The smallest absolute Gasteiger partial charge is 0.152 e. The normalized spacial score (nSPS) is 10.4. The van der Waals surface area contributed by atoms with E-state index < -0.39 is 0 Å². The predicted molar refractivity (Wildman–Crippen MR) is 58.0 cm³/mol. The average Bonchev–Trinajstić information content (AvgIpc) is 2.59. The number of nitrogens with zero attached hydrogens (tertiary/aromatic N) is 1. The van der Waals surface area contributed by atoms with E-state index in [1.807, 2.05) is 37.2 Å². The Labute approximate surface area is 82.3 Å². The minimum Gasteiger partial charge on any atom is -0.378 e. The number of anilines is 1. The Morgan fingerprint density at radius 3 is 2.79 bits per heavy atom. The minimum absolute atomic E-state index is 0.712. The number of hydrogen-bond donors (Lipinski definition) is 1. The molecule has 0 saturated carbocycles. The van der Waals surface area contributed by atoms with Gasteiger partial charge in [-0.2, -0.15) is 0 Å². The molecular weight excluding hydrogens is 176 g/mol. The van der Waals surface area contributed by atoms with Gasteiger partial charge in [0.05, 0.1) is 0 Å². The molecule has 3 heteroatoms. The lowest BCUT2D eigenvalue weighted by Crippen LogP contribution is -2.07. The Morgan fingerprint density at radius 2 is 2.14 bits per heavy atom. The van der Waals surface area contributed by atoms with Crippen LogP contribution in [0.3, 0.4) is 0 Å². The molecule has 0 radical (unpaired) electrons. The van der Waals surface area contributed by atoms with E-state index in [0.717, 1.165) is 22.9 Å². The summed E-state index contributed by atoms with van der Waals surface area (Å²) in [6.07, 6.45) is 2.61. The van der Waals surface area contributed by atoms with Gasteiger partial charge in [-0.05, 0) is 18.2 Å². The van der Waals surface area contributed by atoms with Crippen molar-refractivity contribution in [2.24, 2.45) is 0 Å². The number of rotatable bonds is 2. The Bertz CT molecular complexity index is 471. The zero-order chi connectivity index (χ0) is 10.1. The number of benzene rings is 1. The lowest BCUT2D eigenvalue weighted by atomic mass is 10.1. The fraction of sp³-hybridized carbons (Fsp3) is 0.182. The third-order valence-electron chi connectivity index (χ3n) is 2.34. The maximum absolute atomic E-state index is 10.7. The molecule has 0 atom stereocenters. The molecule has 0 aliphatic heterocycles. The van der Waals surface area contributed by atoms with Crippen LogP contribution in [0.25, 0.3) is 10.9 Å². The fourth-order valence-corrected chi connectivity index (χ4v) is 1.51. The van der Waals surface area contributed by atoms with Crippen molar-refractivity contribution in [3.05, 3.63) is 30.0 Å². The second kappa shape index (κ2) is 3.18. The first-order valence-electron chi connectivity index (χ1n) is 4.46. The van der Waals surface area contributed by atoms with Gasteiger partial charge in [-0.3, -0.25) is 4.79 Å². The highest BCUT2D eigenvalue weighted by Crippen LogP contribution is 2.22. The Hall–Kier alpha value is -1.77. The number of nitrogens with one attached hydrogen (secondary N) is 1. The quantitative estimate of drug-likeness (QED) is 0.732. The van der Waals surface area contributed by atoms with E-state index in [2.05, 4.69) is 4.98 Å². The lowest BCUT2D eigenvalue weighted by Gasteiger charge is -2.11. The molecular formula is C11H12N2O. The summed E-state index contributed by atoms with van der Waals surface area (Å²) >= 11 is 0. The van der Waals surface area contributed by atoms with Crippen LogP contribution in [-0.4, -0.2) is 25.4 Å². The Kier molecular flexibility index (Phi) is 2.00. The van der Waals surface area contributed by atoms with Crippen molar-refractivity contribution in [1.82, 2.24) is 4.98 Å². The summed E-state index contributed by atoms with van der Waals surface area (Å²) in [6.45, 7) is 0. The SMILES string of the molecule is CN(C)c1ccc2[nH]cc(C=O)c2c1. The molecule has 14 heavy (non-hydrogen) atoms. The molecule has 2 aromatic rings. The van der Waals surface area contributed by atoms with Crippen molar-refractivity contribution in [3.8, 4) is 0 Å². The first-order chi connectivity index (χ1) is 6.72. The van der Waals surface area contributed by atoms with Gasteiger partial charge < -0.3 is 9.88 Å². The van der Waals surface area contributed by atoms with Crippen LogP contribution in [0.2, 0.25) is 0 Å². The van der Waals surface area contributed by atoms with Crippen LogP contribution in [0.1, 0.15) is 10.4 Å². The molecule has 0 bridgehead atoms. The summed E-state index contributed by atoms with van der Waals surface area (Å²) in [5.74, 6) is 0. The first kappa shape index (κ1) is 8.81. The Balaban J connectivity index is 2.67. The van der Waals surface area contributed by atoms with Gasteiger partial charge in [-0.25, -0.2) is 0 Å². The topological polar surface area (TPSA) is 36.1 Å². The largest absolute Gasteiger partial charge is 0.378 e. The first-order valence-corrected chi connectivity index (χ1v) is 4.46. The summed E-state index contributed by atoms with van der Waals surface area (Å²) in [4.78, 5) is 15.8. The average molecular weight is 188 g/mol.